The highest BCUT2D eigenvalue weighted by atomic mass is 79.9. The summed E-state index contributed by atoms with van der Waals surface area (Å²) in [6.07, 6.45) is 4.04. The Balaban J connectivity index is 1.51. The van der Waals surface area contributed by atoms with E-state index in [4.69, 9.17) is 0 Å². The average Bonchev–Trinajstić information content (AvgIpc) is 3.15. The van der Waals surface area contributed by atoms with Crippen molar-refractivity contribution in [1.82, 2.24) is 15.5 Å². The molecule has 1 aromatic rings. The number of hydrogen-bond acceptors (Lipinski definition) is 3. The molecule has 0 aliphatic carbocycles. The van der Waals surface area contributed by atoms with Gasteiger partial charge in [0.05, 0.1) is 6.04 Å². The predicted molar refractivity (Wildman–Crippen MR) is 96.8 cm³/mol. The van der Waals surface area contributed by atoms with E-state index in [0.29, 0.717) is 19.0 Å². The molecule has 2 heterocycles. The second-order valence-corrected chi connectivity index (χ2v) is 7.58. The summed E-state index contributed by atoms with van der Waals surface area (Å²) in [6.45, 7) is 3.09. The minimum atomic E-state index is -0.0332. The van der Waals surface area contributed by atoms with Gasteiger partial charge in [0.15, 0.2) is 0 Å². The molecule has 2 unspecified atom stereocenters. The number of halogens is 1. The van der Waals surface area contributed by atoms with E-state index in [1.807, 2.05) is 29.2 Å². The first-order chi connectivity index (χ1) is 11.6. The van der Waals surface area contributed by atoms with Crippen molar-refractivity contribution in [2.75, 3.05) is 26.2 Å². The quantitative estimate of drug-likeness (QED) is 0.823. The summed E-state index contributed by atoms with van der Waals surface area (Å²) in [5.74, 6) is 0.517. The van der Waals surface area contributed by atoms with Crippen LogP contribution in [0.1, 0.15) is 36.0 Å². The summed E-state index contributed by atoms with van der Waals surface area (Å²) in [7, 11) is 0. The molecule has 0 spiro atoms. The zero-order valence-electron chi connectivity index (χ0n) is 13.8. The summed E-state index contributed by atoms with van der Waals surface area (Å²) in [5.41, 5.74) is 0.720. The molecule has 0 radical (unpaired) electrons. The minimum absolute atomic E-state index is 0.0332. The fraction of sp³-hybridized carbons (Fsp3) is 0.556. The molecule has 3 rings (SSSR count). The number of rotatable bonds is 4. The van der Waals surface area contributed by atoms with E-state index in [2.05, 4.69) is 26.6 Å². The second kappa shape index (κ2) is 8.12. The molecular formula is C18H24BrN3O2. The third-order valence-corrected chi connectivity index (χ3v) is 5.37. The van der Waals surface area contributed by atoms with Crippen molar-refractivity contribution >= 4 is 27.7 Å². The van der Waals surface area contributed by atoms with Crippen LogP contribution in [0.4, 0.5) is 0 Å². The van der Waals surface area contributed by atoms with Crippen LogP contribution in [0.25, 0.3) is 0 Å². The van der Waals surface area contributed by atoms with Crippen molar-refractivity contribution in [3.05, 3.63) is 34.3 Å². The molecule has 0 saturated carbocycles. The van der Waals surface area contributed by atoms with Gasteiger partial charge < -0.3 is 15.5 Å². The summed E-state index contributed by atoms with van der Waals surface area (Å²) in [5, 5.41) is 6.27. The Bertz CT molecular complexity index is 584. The van der Waals surface area contributed by atoms with E-state index >= 15 is 0 Å². The first kappa shape index (κ1) is 17.4. The maximum absolute atomic E-state index is 12.6. The molecule has 2 saturated heterocycles. The van der Waals surface area contributed by atoms with Crippen LogP contribution in [0.3, 0.4) is 0 Å². The zero-order chi connectivity index (χ0) is 16.9. The largest absolute Gasteiger partial charge is 0.354 e. The van der Waals surface area contributed by atoms with Crippen molar-refractivity contribution in [1.29, 1.82) is 0 Å². The smallest absolute Gasteiger partial charge is 0.253 e. The molecular weight excluding hydrogens is 370 g/mol. The van der Waals surface area contributed by atoms with Gasteiger partial charge in [-0.2, -0.15) is 0 Å². The van der Waals surface area contributed by atoms with E-state index in [1.165, 1.54) is 0 Å². The van der Waals surface area contributed by atoms with Gasteiger partial charge in [-0.15, -0.1) is 0 Å². The normalized spacial score (nSPS) is 24.0. The summed E-state index contributed by atoms with van der Waals surface area (Å²) in [4.78, 5) is 26.6. The van der Waals surface area contributed by atoms with Crippen molar-refractivity contribution in [3.8, 4) is 0 Å². The predicted octanol–water partition coefficient (Wildman–Crippen LogP) is 2.17. The second-order valence-electron chi connectivity index (χ2n) is 6.66. The lowest BCUT2D eigenvalue weighted by molar-refractivity contribution is -0.123. The molecule has 130 valence electrons. The van der Waals surface area contributed by atoms with Gasteiger partial charge in [-0.05, 0) is 62.4 Å². The monoisotopic (exact) mass is 393 g/mol. The highest BCUT2D eigenvalue weighted by molar-refractivity contribution is 9.10. The Labute approximate surface area is 151 Å². The fourth-order valence-electron chi connectivity index (χ4n) is 3.47. The lowest BCUT2D eigenvalue weighted by Crippen LogP contribution is -2.46. The lowest BCUT2D eigenvalue weighted by Gasteiger charge is -2.33. The molecule has 5 nitrogen and oxygen atoms in total. The first-order valence-corrected chi connectivity index (χ1v) is 9.49. The van der Waals surface area contributed by atoms with E-state index in [1.54, 1.807) is 0 Å². The van der Waals surface area contributed by atoms with Crippen LogP contribution in [-0.4, -0.2) is 48.9 Å². The Morgan fingerprint density at radius 1 is 1.21 bits per heavy atom. The van der Waals surface area contributed by atoms with Crippen molar-refractivity contribution in [2.24, 2.45) is 5.92 Å². The first-order valence-electron chi connectivity index (χ1n) is 8.69. The number of nitrogens with zero attached hydrogens (tertiary/aromatic N) is 1. The zero-order valence-corrected chi connectivity index (χ0v) is 15.3. The van der Waals surface area contributed by atoms with Crippen molar-refractivity contribution in [2.45, 2.75) is 31.7 Å². The van der Waals surface area contributed by atoms with Crippen molar-refractivity contribution < 1.29 is 9.59 Å². The number of nitrogens with one attached hydrogen (secondary N) is 2. The Morgan fingerprint density at radius 2 is 2.00 bits per heavy atom. The fourth-order valence-corrected chi connectivity index (χ4v) is 3.73. The molecule has 2 N–H and O–H groups in total. The van der Waals surface area contributed by atoms with Crippen LogP contribution in [0.15, 0.2) is 28.7 Å². The van der Waals surface area contributed by atoms with Crippen LogP contribution < -0.4 is 10.6 Å². The van der Waals surface area contributed by atoms with Crippen LogP contribution >= 0.6 is 15.9 Å². The van der Waals surface area contributed by atoms with E-state index in [-0.39, 0.29) is 17.9 Å². The molecule has 2 amide bonds. The van der Waals surface area contributed by atoms with Gasteiger partial charge in [0.25, 0.3) is 5.91 Å². The highest BCUT2D eigenvalue weighted by Gasteiger charge is 2.26. The standard InChI is InChI=1S/C18H24BrN3O2/c19-15-7-5-14(6-8-15)18(24)22-10-2-3-13(12-22)11-21-17(23)16-4-1-9-20-16/h5-8,13,16,20H,1-4,9-12H2,(H,21,23). The van der Waals surface area contributed by atoms with Gasteiger partial charge >= 0.3 is 0 Å². The van der Waals surface area contributed by atoms with Gasteiger partial charge in [0, 0.05) is 29.7 Å². The lowest BCUT2D eigenvalue weighted by atomic mass is 9.97. The summed E-state index contributed by atoms with van der Waals surface area (Å²) in [6, 6.07) is 7.45. The van der Waals surface area contributed by atoms with E-state index in [9.17, 15) is 9.59 Å². The minimum Gasteiger partial charge on any atom is -0.354 e. The highest BCUT2D eigenvalue weighted by Crippen LogP contribution is 2.19. The molecule has 2 aliphatic rings. The molecule has 0 bridgehead atoms. The Morgan fingerprint density at radius 3 is 2.71 bits per heavy atom. The molecule has 6 heteroatoms. The van der Waals surface area contributed by atoms with Gasteiger partial charge in [0.1, 0.15) is 0 Å². The van der Waals surface area contributed by atoms with Crippen LogP contribution in [0.2, 0.25) is 0 Å². The number of carbonyl (C=O) groups excluding carboxylic acids is 2. The molecule has 0 aromatic heterocycles. The van der Waals surface area contributed by atoms with Gasteiger partial charge in [-0.1, -0.05) is 15.9 Å². The number of hydrogen-bond donors (Lipinski definition) is 2. The summed E-state index contributed by atoms with van der Waals surface area (Å²) >= 11 is 3.39. The topological polar surface area (TPSA) is 61.4 Å². The summed E-state index contributed by atoms with van der Waals surface area (Å²) < 4.78 is 0.971. The number of benzene rings is 1. The SMILES string of the molecule is O=C(NCC1CCCN(C(=O)c2ccc(Br)cc2)C1)C1CCCN1. The van der Waals surface area contributed by atoms with Gasteiger partial charge in [-0.3, -0.25) is 9.59 Å². The number of carbonyl (C=O) groups is 2. The molecule has 1 aromatic carbocycles. The average molecular weight is 394 g/mol. The maximum atomic E-state index is 12.6. The van der Waals surface area contributed by atoms with Crippen LogP contribution in [-0.2, 0) is 4.79 Å². The third-order valence-electron chi connectivity index (χ3n) is 4.84. The number of amides is 2. The van der Waals surface area contributed by atoms with Crippen LogP contribution in [0.5, 0.6) is 0 Å². The van der Waals surface area contributed by atoms with Gasteiger partial charge in [-0.25, -0.2) is 0 Å². The van der Waals surface area contributed by atoms with Crippen molar-refractivity contribution in [3.63, 3.8) is 0 Å². The molecule has 2 atom stereocenters. The molecule has 2 aliphatic heterocycles. The number of piperidine rings is 1. The van der Waals surface area contributed by atoms with E-state index < -0.39 is 0 Å². The maximum Gasteiger partial charge on any atom is 0.253 e. The number of likely N-dealkylation sites (tertiary alicyclic amines) is 1. The molecule has 24 heavy (non-hydrogen) atoms. The van der Waals surface area contributed by atoms with Crippen LogP contribution in [0, 0.1) is 5.92 Å². The molecule has 2 fully saturated rings. The van der Waals surface area contributed by atoms with Gasteiger partial charge in [0.2, 0.25) is 5.91 Å². The van der Waals surface area contributed by atoms with E-state index in [0.717, 1.165) is 48.8 Å². The Hall–Kier alpha value is -1.40. The Kier molecular flexibility index (Phi) is 5.89. The third kappa shape index (κ3) is 4.36.